The van der Waals surface area contributed by atoms with Crippen LogP contribution in [0.25, 0.3) is 5.65 Å². The average Bonchev–Trinajstić information content (AvgIpc) is 2.61. The van der Waals surface area contributed by atoms with Crippen LogP contribution in [0.5, 0.6) is 0 Å². The Bertz CT molecular complexity index is 414. The van der Waals surface area contributed by atoms with Crippen molar-refractivity contribution in [1.29, 1.82) is 0 Å². The molecule has 0 spiro atoms. The predicted molar refractivity (Wildman–Crippen MR) is 59.6 cm³/mol. The Morgan fingerprint density at radius 1 is 1.47 bits per heavy atom. The van der Waals surface area contributed by atoms with Crippen molar-refractivity contribution in [2.75, 3.05) is 6.54 Å². The molecule has 2 heterocycles. The van der Waals surface area contributed by atoms with Crippen LogP contribution < -0.4 is 5.73 Å². The van der Waals surface area contributed by atoms with E-state index in [1.165, 1.54) is 0 Å². The first-order valence-electron chi connectivity index (χ1n) is 5.22. The quantitative estimate of drug-likeness (QED) is 0.822. The molecule has 0 aliphatic rings. The summed E-state index contributed by atoms with van der Waals surface area (Å²) >= 11 is 0. The molecule has 0 saturated carbocycles. The highest BCUT2D eigenvalue weighted by molar-refractivity contribution is 5.39. The molecular formula is C11H16N4. The number of nitrogens with zero attached hydrogens (tertiary/aromatic N) is 3. The lowest BCUT2D eigenvalue weighted by molar-refractivity contribution is 0.493. The molecule has 0 fully saturated rings. The molecule has 1 atom stereocenters. The van der Waals surface area contributed by atoms with E-state index >= 15 is 0 Å². The molecular weight excluding hydrogens is 188 g/mol. The highest BCUT2D eigenvalue weighted by atomic mass is 15.2. The van der Waals surface area contributed by atoms with Crippen molar-refractivity contribution >= 4 is 5.65 Å². The molecule has 2 rings (SSSR count). The van der Waals surface area contributed by atoms with Crippen LogP contribution in [0.15, 0.2) is 24.5 Å². The van der Waals surface area contributed by atoms with Gasteiger partial charge in [-0.2, -0.15) is 5.10 Å². The van der Waals surface area contributed by atoms with Crippen LogP contribution in [0.4, 0.5) is 0 Å². The molecule has 15 heavy (non-hydrogen) atoms. The summed E-state index contributed by atoms with van der Waals surface area (Å²) in [6.45, 7) is 4.95. The zero-order chi connectivity index (χ0) is 10.8. The maximum absolute atomic E-state index is 5.76. The lowest BCUT2D eigenvalue weighted by Gasteiger charge is -2.15. The van der Waals surface area contributed by atoms with Crippen LogP contribution in [-0.4, -0.2) is 21.1 Å². The standard InChI is InChI=1S/C11H16N4/c1-8(2)9(7-12)10-6-11-13-4-3-5-15(11)14-10/h3-6,8-9H,7,12H2,1-2H3. The number of hydrogen-bond donors (Lipinski definition) is 1. The summed E-state index contributed by atoms with van der Waals surface area (Å²) in [6, 6.07) is 3.88. The highest BCUT2D eigenvalue weighted by Gasteiger charge is 2.17. The Balaban J connectivity index is 2.43. The number of fused-ring (bicyclic) bond motifs is 1. The Morgan fingerprint density at radius 2 is 2.27 bits per heavy atom. The van der Waals surface area contributed by atoms with Gasteiger partial charge in [-0.3, -0.25) is 0 Å². The molecule has 4 heteroatoms. The molecule has 2 N–H and O–H groups in total. The Morgan fingerprint density at radius 3 is 2.87 bits per heavy atom. The van der Waals surface area contributed by atoms with Crippen molar-refractivity contribution in [3.8, 4) is 0 Å². The predicted octanol–water partition coefficient (Wildman–Crippen LogP) is 1.43. The molecule has 0 amide bonds. The zero-order valence-electron chi connectivity index (χ0n) is 9.09. The summed E-state index contributed by atoms with van der Waals surface area (Å²) in [6.07, 6.45) is 3.67. The van der Waals surface area contributed by atoms with Gasteiger partial charge >= 0.3 is 0 Å². The largest absolute Gasteiger partial charge is 0.330 e. The molecule has 2 aromatic heterocycles. The minimum Gasteiger partial charge on any atom is -0.330 e. The lowest BCUT2D eigenvalue weighted by Crippen LogP contribution is -2.18. The van der Waals surface area contributed by atoms with Crippen LogP contribution in [0, 0.1) is 5.92 Å². The number of nitrogens with two attached hydrogens (primary N) is 1. The van der Waals surface area contributed by atoms with Gasteiger partial charge in [-0.05, 0) is 12.0 Å². The van der Waals surface area contributed by atoms with Crippen molar-refractivity contribution < 1.29 is 0 Å². The van der Waals surface area contributed by atoms with Gasteiger partial charge in [-0.15, -0.1) is 0 Å². The van der Waals surface area contributed by atoms with E-state index in [0.29, 0.717) is 18.4 Å². The van der Waals surface area contributed by atoms with E-state index in [9.17, 15) is 0 Å². The fourth-order valence-electron chi connectivity index (χ4n) is 1.76. The van der Waals surface area contributed by atoms with E-state index in [1.54, 1.807) is 10.7 Å². The normalized spacial score (nSPS) is 13.6. The fourth-order valence-corrected chi connectivity index (χ4v) is 1.76. The molecule has 4 nitrogen and oxygen atoms in total. The molecule has 0 bridgehead atoms. The second-order valence-electron chi connectivity index (χ2n) is 4.08. The van der Waals surface area contributed by atoms with Crippen molar-refractivity contribution in [3.63, 3.8) is 0 Å². The molecule has 0 aromatic carbocycles. The minimum atomic E-state index is 0.312. The van der Waals surface area contributed by atoms with E-state index in [1.807, 2.05) is 18.3 Å². The van der Waals surface area contributed by atoms with E-state index in [4.69, 9.17) is 5.73 Å². The maximum atomic E-state index is 5.76. The third kappa shape index (κ3) is 1.85. The summed E-state index contributed by atoms with van der Waals surface area (Å²) in [5.41, 5.74) is 7.67. The van der Waals surface area contributed by atoms with Crippen LogP contribution in [0.1, 0.15) is 25.5 Å². The van der Waals surface area contributed by atoms with Crippen molar-refractivity contribution in [1.82, 2.24) is 14.6 Å². The third-order valence-electron chi connectivity index (χ3n) is 2.69. The zero-order valence-corrected chi connectivity index (χ0v) is 9.09. The third-order valence-corrected chi connectivity index (χ3v) is 2.69. The molecule has 0 saturated heterocycles. The van der Waals surface area contributed by atoms with Crippen LogP contribution in [-0.2, 0) is 0 Å². The highest BCUT2D eigenvalue weighted by Crippen LogP contribution is 2.22. The minimum absolute atomic E-state index is 0.312. The summed E-state index contributed by atoms with van der Waals surface area (Å²) < 4.78 is 1.79. The van der Waals surface area contributed by atoms with Gasteiger partial charge < -0.3 is 5.73 Å². The van der Waals surface area contributed by atoms with Crippen molar-refractivity contribution in [2.45, 2.75) is 19.8 Å². The van der Waals surface area contributed by atoms with Crippen molar-refractivity contribution in [2.24, 2.45) is 11.7 Å². The maximum Gasteiger partial charge on any atom is 0.155 e. The smallest absolute Gasteiger partial charge is 0.155 e. The first-order valence-corrected chi connectivity index (χ1v) is 5.22. The molecule has 1 unspecified atom stereocenters. The lowest BCUT2D eigenvalue weighted by atomic mass is 9.93. The first kappa shape index (κ1) is 10.1. The summed E-state index contributed by atoms with van der Waals surface area (Å²) in [4.78, 5) is 4.24. The molecule has 0 radical (unpaired) electrons. The summed E-state index contributed by atoms with van der Waals surface area (Å²) in [5.74, 6) is 0.812. The van der Waals surface area contributed by atoms with E-state index in [-0.39, 0.29) is 0 Å². The number of hydrogen-bond acceptors (Lipinski definition) is 3. The van der Waals surface area contributed by atoms with Gasteiger partial charge in [0.2, 0.25) is 0 Å². The average molecular weight is 204 g/mol. The Labute approximate surface area is 89.1 Å². The fraction of sp³-hybridized carbons (Fsp3) is 0.455. The molecule has 2 aromatic rings. The second kappa shape index (κ2) is 3.98. The molecule has 80 valence electrons. The monoisotopic (exact) mass is 204 g/mol. The summed E-state index contributed by atoms with van der Waals surface area (Å²) in [7, 11) is 0. The van der Waals surface area contributed by atoms with Gasteiger partial charge in [0.05, 0.1) is 5.69 Å². The molecule has 0 aliphatic heterocycles. The van der Waals surface area contributed by atoms with Gasteiger partial charge in [-0.1, -0.05) is 13.8 Å². The first-order chi connectivity index (χ1) is 7.22. The van der Waals surface area contributed by atoms with Gasteiger partial charge in [0, 0.05) is 30.9 Å². The van der Waals surface area contributed by atoms with E-state index in [2.05, 4.69) is 23.9 Å². The van der Waals surface area contributed by atoms with Crippen LogP contribution >= 0.6 is 0 Å². The van der Waals surface area contributed by atoms with Gasteiger partial charge in [0.25, 0.3) is 0 Å². The summed E-state index contributed by atoms with van der Waals surface area (Å²) in [5, 5.41) is 4.48. The van der Waals surface area contributed by atoms with Crippen molar-refractivity contribution in [3.05, 3.63) is 30.2 Å². The Hall–Kier alpha value is -1.42. The molecule has 0 aliphatic carbocycles. The second-order valence-corrected chi connectivity index (χ2v) is 4.08. The van der Waals surface area contributed by atoms with Gasteiger partial charge in [0.1, 0.15) is 0 Å². The Kier molecular flexibility index (Phi) is 2.68. The number of rotatable bonds is 3. The SMILES string of the molecule is CC(C)C(CN)c1cc2ncccn2n1. The topological polar surface area (TPSA) is 56.2 Å². The van der Waals surface area contributed by atoms with Crippen LogP contribution in [0.2, 0.25) is 0 Å². The van der Waals surface area contributed by atoms with E-state index in [0.717, 1.165) is 11.3 Å². The number of aromatic nitrogens is 3. The van der Waals surface area contributed by atoms with Gasteiger partial charge in [-0.25, -0.2) is 9.50 Å². The van der Waals surface area contributed by atoms with E-state index < -0.39 is 0 Å². The van der Waals surface area contributed by atoms with Gasteiger partial charge in [0.15, 0.2) is 5.65 Å². The van der Waals surface area contributed by atoms with Crippen LogP contribution in [0.3, 0.4) is 0 Å².